The van der Waals surface area contributed by atoms with Gasteiger partial charge in [0.15, 0.2) is 6.17 Å². The Balaban J connectivity index is 3.38. The summed E-state index contributed by atoms with van der Waals surface area (Å²) < 4.78 is 44.0. The summed E-state index contributed by atoms with van der Waals surface area (Å²) in [6.45, 7) is -0.469. The zero-order chi connectivity index (χ0) is 20.9. The number of methoxy groups -OCH3 is 1. The average molecular weight is 416 g/mol. The monoisotopic (exact) mass is 416 g/mol. The van der Waals surface area contributed by atoms with Crippen LogP contribution in [0, 0.1) is 0 Å². The lowest BCUT2D eigenvalue weighted by atomic mass is 9.87. The molecule has 0 aromatic heterocycles. The molecule has 0 bridgehead atoms. The summed E-state index contributed by atoms with van der Waals surface area (Å²) in [7, 11) is 0.776. The maximum Gasteiger partial charge on any atom is 0.375 e. The maximum absolute atomic E-state index is 15.0. The molecular weight excluding hydrogens is 394 g/mol. The number of carbonyl (C=O) groups excluding carboxylic acids is 2. The Morgan fingerprint density at radius 3 is 2.48 bits per heavy atom. The third-order valence-electron chi connectivity index (χ3n) is 3.83. The van der Waals surface area contributed by atoms with Crippen molar-refractivity contribution in [2.45, 2.75) is 49.4 Å². The lowest BCUT2D eigenvalue weighted by molar-refractivity contribution is -0.298. The number of aliphatic hydroxyl groups excluding tert-OH is 3. The molecule has 0 saturated carbocycles. The highest BCUT2D eigenvalue weighted by atomic mass is 32.1. The molecule has 0 radical (unpaired) electrons. The number of ether oxygens (including phenoxy) is 3. The number of hydrogen-bond donors (Lipinski definition) is 5. The largest absolute Gasteiger partial charge is 0.465 e. The van der Waals surface area contributed by atoms with E-state index in [9.17, 15) is 24.2 Å². The molecule has 10 nitrogen and oxygen atoms in total. The molecule has 1 saturated heterocycles. The molecule has 6 N–H and O–H groups in total. The van der Waals surface area contributed by atoms with Gasteiger partial charge in [0.05, 0.1) is 31.4 Å². The fraction of sp³-hybridized carbons (Fsp3) is 0.786. The minimum Gasteiger partial charge on any atom is -0.465 e. The van der Waals surface area contributed by atoms with E-state index in [-0.39, 0.29) is 4.99 Å². The third kappa shape index (κ3) is 5.27. The first-order valence-corrected chi connectivity index (χ1v) is 8.13. The number of carbonyl (C=O) groups is 2. The molecule has 0 aromatic carbocycles. The van der Waals surface area contributed by atoms with Gasteiger partial charge in [0.25, 0.3) is 0 Å². The Morgan fingerprint density at radius 2 is 2.04 bits per heavy atom. The van der Waals surface area contributed by atoms with E-state index in [0.717, 1.165) is 14.0 Å². The van der Waals surface area contributed by atoms with Crippen LogP contribution in [0.15, 0.2) is 0 Å². The Morgan fingerprint density at radius 1 is 1.44 bits per heavy atom. The van der Waals surface area contributed by atoms with Crippen molar-refractivity contribution in [1.82, 2.24) is 5.32 Å². The highest BCUT2D eigenvalue weighted by Gasteiger charge is 2.64. The summed E-state index contributed by atoms with van der Waals surface area (Å²) in [6.07, 6.45) is -10.5. The van der Waals surface area contributed by atoms with Crippen LogP contribution in [0.2, 0.25) is 0 Å². The van der Waals surface area contributed by atoms with Gasteiger partial charge < -0.3 is 40.6 Å². The van der Waals surface area contributed by atoms with Gasteiger partial charge in [-0.15, -0.1) is 0 Å². The van der Waals surface area contributed by atoms with Crippen LogP contribution in [0.4, 0.5) is 8.78 Å². The Kier molecular flexibility index (Phi) is 8.38. The maximum atomic E-state index is 15.0. The summed E-state index contributed by atoms with van der Waals surface area (Å²) in [5, 5.41) is 31.0. The zero-order valence-corrected chi connectivity index (χ0v) is 15.3. The van der Waals surface area contributed by atoms with Gasteiger partial charge in [0.1, 0.15) is 24.4 Å². The van der Waals surface area contributed by atoms with Gasteiger partial charge in [-0.05, 0) is 0 Å². The van der Waals surface area contributed by atoms with Crippen molar-refractivity contribution in [2.24, 2.45) is 5.73 Å². The number of nitrogens with one attached hydrogen (secondary N) is 1. The van der Waals surface area contributed by atoms with Gasteiger partial charge in [-0.2, -0.15) is 4.39 Å². The molecule has 0 spiro atoms. The van der Waals surface area contributed by atoms with E-state index in [1.54, 1.807) is 0 Å². The minimum absolute atomic E-state index is 0.231. The Labute approximate surface area is 158 Å². The Bertz CT molecular complexity index is 571. The van der Waals surface area contributed by atoms with Crippen LogP contribution in [0.3, 0.4) is 0 Å². The molecule has 7 atom stereocenters. The minimum atomic E-state index is -3.73. The topological polar surface area (TPSA) is 161 Å². The number of alkyl halides is 2. The molecule has 1 aliphatic heterocycles. The van der Waals surface area contributed by atoms with E-state index in [2.05, 4.69) is 22.3 Å². The number of halogens is 2. The van der Waals surface area contributed by atoms with Gasteiger partial charge >= 0.3 is 11.8 Å². The van der Waals surface area contributed by atoms with Gasteiger partial charge in [0.2, 0.25) is 5.91 Å². The van der Waals surface area contributed by atoms with Crippen LogP contribution in [-0.4, -0.2) is 95.0 Å². The van der Waals surface area contributed by atoms with Gasteiger partial charge in [-0.1, -0.05) is 12.2 Å². The van der Waals surface area contributed by atoms with Crippen LogP contribution in [0.25, 0.3) is 0 Å². The summed E-state index contributed by atoms with van der Waals surface area (Å²) in [5.41, 5.74) is 5.28. The second-order valence-electron chi connectivity index (χ2n) is 5.83. The number of nitrogens with two attached hydrogens (primary N) is 1. The molecule has 27 heavy (non-hydrogen) atoms. The smallest absolute Gasteiger partial charge is 0.375 e. The third-order valence-corrected chi connectivity index (χ3v) is 3.95. The first-order valence-electron chi connectivity index (χ1n) is 7.72. The Hall–Kier alpha value is -1.51. The molecular formula is C14H22F2N2O8S. The number of thiocarbonyl (C=S) groups is 1. The molecule has 1 amide bonds. The molecule has 156 valence electrons. The average Bonchev–Trinajstić information content (AvgIpc) is 2.61. The van der Waals surface area contributed by atoms with Crippen LogP contribution < -0.4 is 11.1 Å². The molecule has 1 rings (SSSR count). The number of rotatable bonds is 8. The quantitative estimate of drug-likeness (QED) is 0.210. The highest BCUT2D eigenvalue weighted by molar-refractivity contribution is 7.80. The van der Waals surface area contributed by atoms with Gasteiger partial charge in [-0.25, -0.2) is 9.18 Å². The second kappa shape index (κ2) is 9.61. The molecule has 13 heteroatoms. The number of esters is 1. The molecule has 1 aliphatic rings. The predicted molar refractivity (Wildman–Crippen MR) is 88.9 cm³/mol. The van der Waals surface area contributed by atoms with E-state index >= 15 is 4.39 Å². The zero-order valence-electron chi connectivity index (χ0n) is 14.5. The molecule has 1 fully saturated rings. The van der Waals surface area contributed by atoms with Crippen molar-refractivity contribution in [2.75, 3.05) is 20.3 Å². The fourth-order valence-corrected chi connectivity index (χ4v) is 2.66. The number of aliphatic hydroxyl groups is 3. The van der Waals surface area contributed by atoms with Crippen molar-refractivity contribution in [1.29, 1.82) is 0 Å². The van der Waals surface area contributed by atoms with Crippen LogP contribution in [-0.2, 0) is 23.8 Å². The summed E-state index contributed by atoms with van der Waals surface area (Å²) >= 11 is 4.61. The van der Waals surface area contributed by atoms with E-state index in [1.165, 1.54) is 0 Å². The predicted octanol–water partition coefficient (Wildman–Crippen LogP) is -2.55. The molecule has 1 heterocycles. The second-order valence-corrected chi connectivity index (χ2v) is 6.35. The summed E-state index contributed by atoms with van der Waals surface area (Å²) in [5.74, 6) is -6.23. The normalized spacial score (nSPS) is 33.0. The summed E-state index contributed by atoms with van der Waals surface area (Å²) in [4.78, 5) is 23.0. The summed E-state index contributed by atoms with van der Waals surface area (Å²) in [6, 6.07) is -1.57. The molecule has 0 aliphatic carbocycles. The highest BCUT2D eigenvalue weighted by Crippen LogP contribution is 2.37. The van der Waals surface area contributed by atoms with Crippen molar-refractivity contribution in [3.63, 3.8) is 0 Å². The van der Waals surface area contributed by atoms with Crippen molar-refractivity contribution < 1.29 is 47.9 Å². The number of amides is 1. The molecule has 0 unspecified atom stereocenters. The van der Waals surface area contributed by atoms with Crippen molar-refractivity contribution in [3.05, 3.63) is 0 Å². The van der Waals surface area contributed by atoms with Crippen LogP contribution >= 0.6 is 12.2 Å². The molecule has 0 aromatic rings. The van der Waals surface area contributed by atoms with Gasteiger partial charge in [-0.3, -0.25) is 4.79 Å². The van der Waals surface area contributed by atoms with Crippen molar-refractivity contribution in [3.8, 4) is 0 Å². The van der Waals surface area contributed by atoms with Crippen LogP contribution in [0.1, 0.15) is 6.92 Å². The van der Waals surface area contributed by atoms with E-state index in [0.29, 0.717) is 0 Å². The first-order chi connectivity index (χ1) is 12.5. The van der Waals surface area contributed by atoms with E-state index in [1.807, 2.05) is 0 Å². The first kappa shape index (κ1) is 23.5. The lowest BCUT2D eigenvalue weighted by Crippen LogP contribution is -2.72. The lowest BCUT2D eigenvalue weighted by Gasteiger charge is -2.47. The fourth-order valence-electron chi connectivity index (χ4n) is 2.59. The van der Waals surface area contributed by atoms with E-state index in [4.69, 9.17) is 20.3 Å². The van der Waals surface area contributed by atoms with Crippen molar-refractivity contribution >= 4 is 29.1 Å². The van der Waals surface area contributed by atoms with Crippen LogP contribution in [0.5, 0.6) is 0 Å². The standard InChI is InChI=1S/C14H22F2N2O8S/c1-5(20)18-8-10(9(22)6(21)3-19)26-14(16,13(23)24-2)12(15)11(8)25-4-7(17)27/h6,8-12,19,21-22H,3-4H2,1-2H3,(H2,17,27)(H,18,20)/t6-,8+,9-,10-,11-,12+,14+/m1/s1. The number of hydrogen-bond acceptors (Lipinski definition) is 9. The van der Waals surface area contributed by atoms with Gasteiger partial charge in [0, 0.05) is 6.92 Å². The SMILES string of the molecule is COC(=O)[C@@]1(F)O[C@@H]([C@H](O)[C@H](O)CO)[C@H](NC(C)=O)[C@@H](OCC(N)=S)[C@@H]1F. The van der Waals surface area contributed by atoms with E-state index < -0.39 is 67.6 Å².